The van der Waals surface area contributed by atoms with Crippen molar-refractivity contribution in [3.63, 3.8) is 0 Å². The van der Waals surface area contributed by atoms with Crippen LogP contribution in [0, 0.1) is 5.92 Å². The normalized spacial score (nSPS) is 17.9. The lowest BCUT2D eigenvalue weighted by Crippen LogP contribution is -2.53. The summed E-state index contributed by atoms with van der Waals surface area (Å²) in [7, 11) is 0. The molecule has 0 atom stereocenters. The molecule has 14 heavy (non-hydrogen) atoms. The van der Waals surface area contributed by atoms with E-state index in [1.807, 2.05) is 13.8 Å². The van der Waals surface area contributed by atoms with Crippen molar-refractivity contribution in [2.24, 2.45) is 5.92 Å². The summed E-state index contributed by atoms with van der Waals surface area (Å²) in [6, 6.07) is 0. The zero-order valence-electron chi connectivity index (χ0n) is 9.18. The molecule has 1 saturated carbocycles. The maximum Gasteiger partial charge on any atom is 0.323 e. The molecule has 0 aliphatic heterocycles. The van der Waals surface area contributed by atoms with Gasteiger partial charge in [-0.2, -0.15) is 0 Å². The summed E-state index contributed by atoms with van der Waals surface area (Å²) in [5.74, 6) is 0.00801. The van der Waals surface area contributed by atoms with Gasteiger partial charge in [-0.25, -0.2) is 0 Å². The average Bonchev–Trinajstić information content (AvgIpc) is 2.09. The SMILES string of the molecule is CCC(CC)(NCC1CCC1)C(=O)O. The van der Waals surface area contributed by atoms with Crippen LogP contribution in [-0.2, 0) is 4.79 Å². The molecule has 0 aromatic rings. The predicted molar refractivity (Wildman–Crippen MR) is 56.3 cm³/mol. The van der Waals surface area contributed by atoms with Gasteiger partial charge in [-0.15, -0.1) is 0 Å². The Morgan fingerprint density at radius 1 is 1.43 bits per heavy atom. The van der Waals surface area contributed by atoms with Gasteiger partial charge in [0.05, 0.1) is 0 Å². The van der Waals surface area contributed by atoms with Gasteiger partial charge in [-0.1, -0.05) is 20.3 Å². The van der Waals surface area contributed by atoms with Gasteiger partial charge in [0.25, 0.3) is 0 Å². The van der Waals surface area contributed by atoms with Crippen molar-refractivity contribution in [2.45, 2.75) is 51.5 Å². The van der Waals surface area contributed by atoms with Gasteiger partial charge >= 0.3 is 5.97 Å². The number of aliphatic carboxylic acids is 1. The molecule has 0 unspecified atom stereocenters. The van der Waals surface area contributed by atoms with Crippen molar-refractivity contribution < 1.29 is 9.90 Å². The molecule has 0 aromatic carbocycles. The Kier molecular flexibility index (Phi) is 3.93. The molecule has 82 valence electrons. The standard InChI is InChI=1S/C11H21NO2/c1-3-11(4-2,10(13)14)12-8-9-6-5-7-9/h9,12H,3-8H2,1-2H3,(H,13,14). The molecule has 1 fully saturated rings. The smallest absolute Gasteiger partial charge is 0.323 e. The van der Waals surface area contributed by atoms with Gasteiger partial charge in [0, 0.05) is 0 Å². The van der Waals surface area contributed by atoms with E-state index in [0.29, 0.717) is 18.8 Å². The van der Waals surface area contributed by atoms with Crippen LogP contribution in [0.1, 0.15) is 46.0 Å². The van der Waals surface area contributed by atoms with E-state index >= 15 is 0 Å². The first kappa shape index (κ1) is 11.5. The van der Waals surface area contributed by atoms with Gasteiger partial charge in [0.15, 0.2) is 0 Å². The Hall–Kier alpha value is -0.570. The monoisotopic (exact) mass is 199 g/mol. The zero-order valence-corrected chi connectivity index (χ0v) is 9.18. The maximum atomic E-state index is 11.1. The molecule has 2 N–H and O–H groups in total. The molecule has 1 aliphatic rings. The first-order chi connectivity index (χ1) is 6.64. The molecule has 0 heterocycles. The Balaban J connectivity index is 2.44. The van der Waals surface area contributed by atoms with E-state index in [2.05, 4.69) is 5.32 Å². The highest BCUT2D eigenvalue weighted by Gasteiger charge is 2.35. The number of hydrogen-bond acceptors (Lipinski definition) is 2. The molecular formula is C11H21NO2. The lowest BCUT2D eigenvalue weighted by molar-refractivity contribution is -0.145. The third-order valence-corrected chi connectivity index (χ3v) is 3.57. The Labute approximate surface area is 85.9 Å². The number of carboxylic acid groups (broad SMARTS) is 1. The molecule has 3 nitrogen and oxygen atoms in total. The van der Waals surface area contributed by atoms with Crippen LogP contribution in [0.4, 0.5) is 0 Å². The van der Waals surface area contributed by atoms with Crippen molar-refractivity contribution in [3.8, 4) is 0 Å². The zero-order chi connectivity index (χ0) is 10.6. The first-order valence-electron chi connectivity index (χ1n) is 5.63. The van der Waals surface area contributed by atoms with Gasteiger partial charge in [0.1, 0.15) is 5.54 Å². The summed E-state index contributed by atoms with van der Waals surface area (Å²) in [6.07, 6.45) is 5.15. The molecule has 0 aromatic heterocycles. The van der Waals surface area contributed by atoms with Gasteiger partial charge in [0.2, 0.25) is 0 Å². The van der Waals surface area contributed by atoms with Crippen molar-refractivity contribution in [3.05, 3.63) is 0 Å². The molecule has 0 amide bonds. The third kappa shape index (κ3) is 2.27. The van der Waals surface area contributed by atoms with Crippen LogP contribution in [0.25, 0.3) is 0 Å². The van der Waals surface area contributed by atoms with Crippen molar-refractivity contribution in [2.75, 3.05) is 6.54 Å². The van der Waals surface area contributed by atoms with Crippen LogP contribution < -0.4 is 5.32 Å². The van der Waals surface area contributed by atoms with Crippen LogP contribution in [0.15, 0.2) is 0 Å². The minimum absolute atomic E-state index is 0.658. The largest absolute Gasteiger partial charge is 0.480 e. The third-order valence-electron chi connectivity index (χ3n) is 3.57. The molecule has 3 heteroatoms. The van der Waals surface area contributed by atoms with Crippen molar-refractivity contribution >= 4 is 5.97 Å². The molecule has 0 radical (unpaired) electrons. The highest BCUT2D eigenvalue weighted by Crippen LogP contribution is 2.26. The minimum Gasteiger partial charge on any atom is -0.480 e. The summed E-state index contributed by atoms with van der Waals surface area (Å²) >= 11 is 0. The number of nitrogens with one attached hydrogen (secondary N) is 1. The van der Waals surface area contributed by atoms with Crippen LogP contribution in [-0.4, -0.2) is 23.2 Å². The summed E-state index contributed by atoms with van der Waals surface area (Å²) < 4.78 is 0. The molecular weight excluding hydrogens is 178 g/mol. The Morgan fingerprint density at radius 3 is 2.29 bits per heavy atom. The number of carbonyl (C=O) groups is 1. The first-order valence-corrected chi connectivity index (χ1v) is 5.63. The number of carboxylic acids is 1. The fourth-order valence-corrected chi connectivity index (χ4v) is 1.91. The molecule has 0 saturated heterocycles. The van der Waals surface area contributed by atoms with E-state index in [1.165, 1.54) is 19.3 Å². The van der Waals surface area contributed by atoms with Crippen LogP contribution >= 0.6 is 0 Å². The summed E-state index contributed by atoms with van der Waals surface area (Å²) in [6.45, 7) is 4.74. The van der Waals surface area contributed by atoms with Crippen LogP contribution in [0.5, 0.6) is 0 Å². The molecule has 0 bridgehead atoms. The average molecular weight is 199 g/mol. The Bertz CT molecular complexity index is 195. The summed E-state index contributed by atoms with van der Waals surface area (Å²) in [5, 5.41) is 12.4. The fourth-order valence-electron chi connectivity index (χ4n) is 1.91. The van der Waals surface area contributed by atoms with E-state index in [0.717, 1.165) is 6.54 Å². The molecule has 1 rings (SSSR count). The highest BCUT2D eigenvalue weighted by atomic mass is 16.4. The lowest BCUT2D eigenvalue weighted by atomic mass is 9.84. The molecule has 0 spiro atoms. The molecule has 1 aliphatic carbocycles. The summed E-state index contributed by atoms with van der Waals surface area (Å²) in [5.41, 5.74) is -0.685. The number of hydrogen-bond donors (Lipinski definition) is 2. The topological polar surface area (TPSA) is 49.3 Å². The van der Waals surface area contributed by atoms with E-state index in [9.17, 15) is 4.79 Å². The second-order valence-corrected chi connectivity index (χ2v) is 4.27. The van der Waals surface area contributed by atoms with E-state index in [4.69, 9.17) is 5.11 Å². The Morgan fingerprint density at radius 2 is 2.00 bits per heavy atom. The predicted octanol–water partition coefficient (Wildman–Crippen LogP) is 2.02. The quantitative estimate of drug-likeness (QED) is 0.688. The van der Waals surface area contributed by atoms with E-state index in [-0.39, 0.29) is 0 Å². The van der Waals surface area contributed by atoms with Crippen molar-refractivity contribution in [1.29, 1.82) is 0 Å². The van der Waals surface area contributed by atoms with Crippen molar-refractivity contribution in [1.82, 2.24) is 5.32 Å². The van der Waals surface area contributed by atoms with Gasteiger partial charge in [-0.05, 0) is 38.1 Å². The maximum absolute atomic E-state index is 11.1. The minimum atomic E-state index is -0.707. The highest BCUT2D eigenvalue weighted by molar-refractivity contribution is 5.78. The van der Waals surface area contributed by atoms with Gasteiger partial charge < -0.3 is 10.4 Å². The van der Waals surface area contributed by atoms with E-state index < -0.39 is 11.5 Å². The van der Waals surface area contributed by atoms with Crippen LogP contribution in [0.2, 0.25) is 0 Å². The van der Waals surface area contributed by atoms with E-state index in [1.54, 1.807) is 0 Å². The second kappa shape index (κ2) is 4.78. The lowest BCUT2D eigenvalue weighted by Gasteiger charge is -2.33. The second-order valence-electron chi connectivity index (χ2n) is 4.27. The van der Waals surface area contributed by atoms with Gasteiger partial charge in [-0.3, -0.25) is 4.79 Å². The fraction of sp³-hybridized carbons (Fsp3) is 0.909. The summed E-state index contributed by atoms with van der Waals surface area (Å²) in [4.78, 5) is 11.1. The van der Waals surface area contributed by atoms with Crippen LogP contribution in [0.3, 0.4) is 0 Å². The number of rotatable bonds is 6.